The van der Waals surface area contributed by atoms with Gasteiger partial charge in [-0.3, -0.25) is 14.9 Å². The molecule has 0 bridgehead atoms. The van der Waals surface area contributed by atoms with E-state index in [1.54, 1.807) is 17.0 Å². The lowest BCUT2D eigenvalue weighted by atomic mass is 10.0. The molecule has 1 aromatic carbocycles. The largest absolute Gasteiger partial charge is 0.453 e. The molecule has 3 heterocycles. The summed E-state index contributed by atoms with van der Waals surface area (Å²) >= 11 is 2.48. The Morgan fingerprint density at radius 2 is 2.13 bits per heavy atom. The molecule has 11 heteroatoms. The zero-order valence-electron chi connectivity index (χ0n) is 15.6. The lowest BCUT2D eigenvalue weighted by Gasteiger charge is -2.25. The number of hydrogen-bond donors (Lipinski definition) is 1. The molecule has 0 saturated carbocycles. The number of nitro groups is 1. The molecule has 2 aromatic heterocycles. The second-order valence-corrected chi connectivity index (χ2v) is 8.69. The number of benzene rings is 1. The fraction of sp³-hybridized carbons (Fsp3) is 0.211. The molecule has 3 aromatic rings. The topological polar surface area (TPSA) is 126 Å². The Morgan fingerprint density at radius 1 is 1.33 bits per heavy atom. The van der Waals surface area contributed by atoms with E-state index in [0.29, 0.717) is 40.3 Å². The molecule has 0 unspecified atom stereocenters. The summed E-state index contributed by atoms with van der Waals surface area (Å²) in [6.07, 6.45) is 0.0733. The number of carbonyl (C=O) groups is 2. The fourth-order valence-electron chi connectivity index (χ4n) is 3.32. The highest BCUT2D eigenvalue weighted by molar-refractivity contribution is 7.21. The van der Waals surface area contributed by atoms with E-state index in [0.717, 1.165) is 15.1 Å². The summed E-state index contributed by atoms with van der Waals surface area (Å²) in [6, 6.07) is 8.19. The zero-order valence-corrected chi connectivity index (χ0v) is 17.3. The van der Waals surface area contributed by atoms with Gasteiger partial charge >= 0.3 is 6.09 Å². The van der Waals surface area contributed by atoms with Gasteiger partial charge in [-0.2, -0.15) is 5.26 Å². The van der Waals surface area contributed by atoms with Crippen molar-refractivity contribution in [3.63, 3.8) is 0 Å². The van der Waals surface area contributed by atoms with Gasteiger partial charge in [0, 0.05) is 33.6 Å². The third-order valence-corrected chi connectivity index (χ3v) is 7.01. The number of nitriles is 1. The normalized spacial score (nSPS) is 12.9. The maximum atomic E-state index is 12.8. The van der Waals surface area contributed by atoms with E-state index in [9.17, 15) is 25.0 Å². The number of rotatable bonds is 3. The zero-order chi connectivity index (χ0) is 21.4. The van der Waals surface area contributed by atoms with Gasteiger partial charge in [0.25, 0.3) is 11.6 Å². The van der Waals surface area contributed by atoms with Crippen LogP contribution >= 0.6 is 22.7 Å². The molecule has 1 aliphatic rings. The highest BCUT2D eigenvalue weighted by Crippen LogP contribution is 2.37. The minimum atomic E-state index is -0.482. The third kappa shape index (κ3) is 3.47. The van der Waals surface area contributed by atoms with Crippen molar-refractivity contribution in [2.45, 2.75) is 13.0 Å². The molecule has 4 rings (SSSR count). The first-order chi connectivity index (χ1) is 14.4. The Labute approximate surface area is 178 Å². The number of methoxy groups -OCH3 is 1. The van der Waals surface area contributed by atoms with E-state index in [-0.39, 0.29) is 5.69 Å². The lowest BCUT2D eigenvalue weighted by Crippen LogP contribution is -2.35. The second kappa shape index (κ2) is 7.74. The molecule has 1 N–H and O–H groups in total. The van der Waals surface area contributed by atoms with Crippen LogP contribution in [0, 0.1) is 21.4 Å². The fourth-order valence-corrected chi connectivity index (χ4v) is 5.46. The van der Waals surface area contributed by atoms with Crippen LogP contribution in [0.15, 0.2) is 24.3 Å². The van der Waals surface area contributed by atoms with Crippen molar-refractivity contribution in [1.29, 1.82) is 5.26 Å². The molecular formula is C19H14N4O5S2. The van der Waals surface area contributed by atoms with E-state index < -0.39 is 16.9 Å². The highest BCUT2D eigenvalue weighted by Gasteiger charge is 2.28. The van der Waals surface area contributed by atoms with Gasteiger partial charge in [-0.05, 0) is 24.1 Å². The Balaban J connectivity index is 1.60. The van der Waals surface area contributed by atoms with Crippen LogP contribution in [0.3, 0.4) is 0 Å². The molecular weight excluding hydrogens is 428 g/mol. The van der Waals surface area contributed by atoms with Crippen molar-refractivity contribution in [2.24, 2.45) is 0 Å². The Morgan fingerprint density at radius 3 is 2.83 bits per heavy atom. The van der Waals surface area contributed by atoms with Crippen LogP contribution in [0.4, 0.5) is 15.5 Å². The first-order valence-electron chi connectivity index (χ1n) is 8.78. The van der Waals surface area contributed by atoms with E-state index in [1.165, 1.54) is 41.9 Å². The SMILES string of the molecule is COC(=O)N1CCc2c(sc(NC(=O)c3cc4cc([N+](=O)[O-])ccc4s3)c2C#N)C1. The number of ether oxygens (including phenoxy) is 1. The molecule has 0 spiro atoms. The van der Waals surface area contributed by atoms with Gasteiger partial charge in [-0.1, -0.05) is 0 Å². The van der Waals surface area contributed by atoms with Crippen LogP contribution in [0.2, 0.25) is 0 Å². The highest BCUT2D eigenvalue weighted by atomic mass is 32.1. The number of nitro benzene ring substituents is 1. The van der Waals surface area contributed by atoms with Crippen molar-refractivity contribution in [3.05, 3.63) is 55.3 Å². The van der Waals surface area contributed by atoms with Crippen LogP contribution in [0.5, 0.6) is 0 Å². The number of hydrogen-bond acceptors (Lipinski definition) is 8. The number of nitrogens with one attached hydrogen (secondary N) is 1. The van der Waals surface area contributed by atoms with Crippen LogP contribution in [-0.2, 0) is 17.7 Å². The molecule has 9 nitrogen and oxygen atoms in total. The number of nitrogens with zero attached hydrogens (tertiary/aromatic N) is 3. The second-order valence-electron chi connectivity index (χ2n) is 6.51. The molecule has 30 heavy (non-hydrogen) atoms. The predicted octanol–water partition coefficient (Wildman–Crippen LogP) is 4.12. The summed E-state index contributed by atoms with van der Waals surface area (Å²) in [4.78, 5) is 37.8. The van der Waals surface area contributed by atoms with Crippen LogP contribution < -0.4 is 5.32 Å². The van der Waals surface area contributed by atoms with Crippen molar-refractivity contribution < 1.29 is 19.2 Å². The number of carbonyl (C=O) groups excluding carboxylic acids is 2. The smallest absolute Gasteiger partial charge is 0.409 e. The van der Waals surface area contributed by atoms with Crippen molar-refractivity contribution >= 4 is 55.4 Å². The van der Waals surface area contributed by atoms with Gasteiger partial charge in [0.1, 0.15) is 11.1 Å². The Kier molecular flexibility index (Phi) is 5.11. The summed E-state index contributed by atoms with van der Waals surface area (Å²) in [6.45, 7) is 0.761. The molecule has 0 atom stereocenters. The van der Waals surface area contributed by atoms with Gasteiger partial charge in [0.05, 0.1) is 29.0 Å². The van der Waals surface area contributed by atoms with Crippen LogP contribution in [-0.4, -0.2) is 35.5 Å². The lowest BCUT2D eigenvalue weighted by molar-refractivity contribution is -0.384. The minimum Gasteiger partial charge on any atom is -0.453 e. The first kappa shape index (κ1) is 19.8. The van der Waals surface area contributed by atoms with E-state index in [1.807, 2.05) is 0 Å². The quantitative estimate of drug-likeness (QED) is 0.480. The number of thiophene rings is 2. The maximum absolute atomic E-state index is 12.8. The molecule has 0 fully saturated rings. The number of fused-ring (bicyclic) bond motifs is 2. The van der Waals surface area contributed by atoms with Gasteiger partial charge in [0.15, 0.2) is 0 Å². The molecule has 2 amide bonds. The first-order valence-corrected chi connectivity index (χ1v) is 10.4. The minimum absolute atomic E-state index is 0.0416. The van der Waals surface area contributed by atoms with Gasteiger partial charge in [0.2, 0.25) is 0 Å². The van der Waals surface area contributed by atoms with Crippen molar-refractivity contribution in [2.75, 3.05) is 19.0 Å². The Bertz CT molecular complexity index is 1240. The standard InChI is InChI=1S/C19H14N4O5S2/c1-28-19(25)22-5-4-12-13(8-20)18(30-16(12)9-22)21-17(24)15-7-10-6-11(23(26)27)2-3-14(10)29-15/h2-3,6-7H,4-5,9H2,1H3,(H,21,24). The van der Waals surface area contributed by atoms with Crippen LogP contribution in [0.25, 0.3) is 10.1 Å². The summed E-state index contributed by atoms with van der Waals surface area (Å²) in [5, 5.41) is 24.4. The number of non-ortho nitro benzene ring substituents is 1. The molecule has 152 valence electrons. The average Bonchev–Trinajstić information content (AvgIpc) is 3.32. The summed E-state index contributed by atoms with van der Waals surface area (Å²) in [7, 11) is 1.32. The Hall–Kier alpha value is -3.49. The van der Waals surface area contributed by atoms with Gasteiger partial charge < -0.3 is 15.0 Å². The summed E-state index contributed by atoms with van der Waals surface area (Å²) in [5.74, 6) is -0.390. The molecule has 1 aliphatic heterocycles. The van der Waals surface area contributed by atoms with Crippen molar-refractivity contribution in [3.8, 4) is 6.07 Å². The summed E-state index contributed by atoms with van der Waals surface area (Å²) < 4.78 is 5.51. The molecule has 0 radical (unpaired) electrons. The maximum Gasteiger partial charge on any atom is 0.409 e. The molecule has 0 aliphatic carbocycles. The van der Waals surface area contributed by atoms with E-state index in [2.05, 4.69) is 11.4 Å². The van der Waals surface area contributed by atoms with Gasteiger partial charge in [-0.15, -0.1) is 22.7 Å². The van der Waals surface area contributed by atoms with Gasteiger partial charge in [-0.25, -0.2) is 4.79 Å². The third-order valence-electron chi connectivity index (χ3n) is 4.76. The summed E-state index contributed by atoms with van der Waals surface area (Å²) in [5.41, 5.74) is 1.20. The van der Waals surface area contributed by atoms with Crippen LogP contribution in [0.1, 0.15) is 25.7 Å². The monoisotopic (exact) mass is 442 g/mol. The van der Waals surface area contributed by atoms with E-state index in [4.69, 9.17) is 4.74 Å². The number of amides is 2. The van der Waals surface area contributed by atoms with Crippen molar-refractivity contribution in [1.82, 2.24) is 4.90 Å². The average molecular weight is 442 g/mol. The van der Waals surface area contributed by atoms with E-state index >= 15 is 0 Å². The molecule has 0 saturated heterocycles. The number of anilines is 1. The predicted molar refractivity (Wildman–Crippen MR) is 112 cm³/mol.